The maximum Gasteiger partial charge on any atom is 0.197 e. The second-order valence-corrected chi connectivity index (χ2v) is 3.92. The number of aromatic nitrogens is 4. The van der Waals surface area contributed by atoms with Crippen LogP contribution in [0.3, 0.4) is 0 Å². The van der Waals surface area contributed by atoms with Gasteiger partial charge in [0.05, 0.1) is 0 Å². The smallest absolute Gasteiger partial charge is 0.197 e. The lowest BCUT2D eigenvalue weighted by molar-refractivity contribution is 0.815. The zero-order valence-electron chi connectivity index (χ0n) is 8.53. The molecule has 0 amide bonds. The number of hydrogen-bond acceptors (Lipinski definition) is 3. The molecule has 0 aliphatic rings. The molecule has 2 rings (SSSR count). The Morgan fingerprint density at radius 1 is 1.33 bits per heavy atom. The first kappa shape index (κ1) is 10.1. The van der Waals surface area contributed by atoms with E-state index in [0.29, 0.717) is 22.7 Å². The van der Waals surface area contributed by atoms with Crippen LogP contribution in [-0.4, -0.2) is 19.9 Å². The Morgan fingerprint density at radius 2 is 2.13 bits per heavy atom. The fourth-order valence-corrected chi connectivity index (χ4v) is 1.42. The number of aromatic amines is 1. The molecule has 5 heteroatoms. The summed E-state index contributed by atoms with van der Waals surface area (Å²) in [6, 6.07) is 1.78. The number of nitrogens with zero attached hydrogens (tertiary/aromatic N) is 3. The van der Waals surface area contributed by atoms with Crippen LogP contribution in [0.1, 0.15) is 25.5 Å². The molecule has 0 atom stereocenters. The fraction of sp³-hybridized carbons (Fsp3) is 0.300. The van der Waals surface area contributed by atoms with Gasteiger partial charge < -0.3 is 4.98 Å². The minimum atomic E-state index is 0.319. The molecule has 0 unspecified atom stereocenters. The first-order valence-electron chi connectivity index (χ1n) is 4.71. The molecule has 0 aliphatic heterocycles. The van der Waals surface area contributed by atoms with Crippen LogP contribution in [0, 0.1) is 0 Å². The average molecular weight is 223 g/mol. The van der Waals surface area contributed by atoms with Gasteiger partial charge in [0.2, 0.25) is 0 Å². The highest BCUT2D eigenvalue weighted by Gasteiger charge is 2.09. The summed E-state index contributed by atoms with van der Waals surface area (Å²) in [5.74, 6) is 1.50. The third-order valence-corrected chi connectivity index (χ3v) is 2.21. The summed E-state index contributed by atoms with van der Waals surface area (Å²) in [5, 5.41) is 0.445. The lowest BCUT2D eigenvalue weighted by Gasteiger charge is -2.05. The van der Waals surface area contributed by atoms with E-state index < -0.39 is 0 Å². The summed E-state index contributed by atoms with van der Waals surface area (Å²) in [7, 11) is 0. The Hall–Kier alpha value is -1.42. The second-order valence-electron chi connectivity index (χ2n) is 3.53. The number of halogens is 1. The van der Waals surface area contributed by atoms with E-state index in [9.17, 15) is 0 Å². The Balaban J connectivity index is 2.49. The number of hydrogen-bond donors (Lipinski definition) is 1. The standard InChI is InChI=1S/C10H11ClN4/c1-6(2)7-5-8(11)15-10(14-7)9-12-3-4-13-9/h3-6H,1-2H3,(H,12,13). The lowest BCUT2D eigenvalue weighted by atomic mass is 10.1. The van der Waals surface area contributed by atoms with Crippen molar-refractivity contribution in [2.75, 3.05) is 0 Å². The first-order chi connectivity index (χ1) is 7.16. The molecule has 0 aliphatic carbocycles. The van der Waals surface area contributed by atoms with Crippen molar-refractivity contribution in [3.05, 3.63) is 29.3 Å². The van der Waals surface area contributed by atoms with Crippen LogP contribution in [-0.2, 0) is 0 Å². The van der Waals surface area contributed by atoms with Gasteiger partial charge in [0, 0.05) is 18.1 Å². The van der Waals surface area contributed by atoms with Gasteiger partial charge in [-0.2, -0.15) is 0 Å². The maximum atomic E-state index is 5.92. The van der Waals surface area contributed by atoms with E-state index in [1.165, 1.54) is 0 Å². The highest BCUT2D eigenvalue weighted by Crippen LogP contribution is 2.19. The van der Waals surface area contributed by atoms with Crippen molar-refractivity contribution in [1.82, 2.24) is 19.9 Å². The van der Waals surface area contributed by atoms with Crippen LogP contribution in [0.25, 0.3) is 11.6 Å². The summed E-state index contributed by atoms with van der Waals surface area (Å²) in [4.78, 5) is 15.5. The molecule has 4 nitrogen and oxygen atoms in total. The minimum absolute atomic E-state index is 0.319. The highest BCUT2D eigenvalue weighted by molar-refractivity contribution is 6.29. The van der Waals surface area contributed by atoms with Gasteiger partial charge in [0.15, 0.2) is 11.6 Å². The van der Waals surface area contributed by atoms with Crippen LogP contribution in [0.4, 0.5) is 0 Å². The Labute approximate surface area is 92.8 Å². The Bertz CT molecular complexity index is 450. The zero-order chi connectivity index (χ0) is 10.8. The Morgan fingerprint density at radius 3 is 2.73 bits per heavy atom. The largest absolute Gasteiger partial charge is 0.342 e. The molecular formula is C10H11ClN4. The van der Waals surface area contributed by atoms with Gasteiger partial charge in [0.1, 0.15) is 5.15 Å². The van der Waals surface area contributed by atoms with E-state index in [1.807, 2.05) is 0 Å². The molecule has 0 aromatic carbocycles. The molecule has 0 saturated heterocycles. The highest BCUT2D eigenvalue weighted by atomic mass is 35.5. The predicted octanol–water partition coefficient (Wildman–Crippen LogP) is 2.64. The SMILES string of the molecule is CC(C)c1cc(Cl)nc(-c2ncc[nH]2)n1. The van der Waals surface area contributed by atoms with Crippen LogP contribution in [0.2, 0.25) is 5.15 Å². The molecule has 2 aromatic heterocycles. The van der Waals surface area contributed by atoms with Crippen LogP contribution in [0.15, 0.2) is 18.5 Å². The molecule has 15 heavy (non-hydrogen) atoms. The second kappa shape index (κ2) is 3.98. The van der Waals surface area contributed by atoms with Crippen molar-refractivity contribution in [2.45, 2.75) is 19.8 Å². The lowest BCUT2D eigenvalue weighted by Crippen LogP contribution is -1.98. The number of nitrogens with one attached hydrogen (secondary N) is 1. The van der Waals surface area contributed by atoms with Crippen LogP contribution >= 0.6 is 11.6 Å². The van der Waals surface area contributed by atoms with E-state index in [-0.39, 0.29) is 0 Å². The molecule has 0 spiro atoms. The van der Waals surface area contributed by atoms with E-state index in [4.69, 9.17) is 11.6 Å². The van der Waals surface area contributed by atoms with Crippen LogP contribution in [0.5, 0.6) is 0 Å². The zero-order valence-corrected chi connectivity index (χ0v) is 9.28. The Kier molecular flexibility index (Phi) is 2.68. The summed E-state index contributed by atoms with van der Waals surface area (Å²) in [5.41, 5.74) is 0.918. The molecule has 0 fully saturated rings. The van der Waals surface area contributed by atoms with E-state index in [2.05, 4.69) is 33.8 Å². The van der Waals surface area contributed by atoms with E-state index in [0.717, 1.165) is 5.69 Å². The fourth-order valence-electron chi connectivity index (χ4n) is 1.22. The summed E-state index contributed by atoms with van der Waals surface area (Å²) >= 11 is 5.92. The van der Waals surface area contributed by atoms with Crippen molar-refractivity contribution in [3.8, 4) is 11.6 Å². The van der Waals surface area contributed by atoms with Crippen molar-refractivity contribution < 1.29 is 0 Å². The van der Waals surface area contributed by atoms with Gasteiger partial charge in [-0.05, 0) is 12.0 Å². The molecular weight excluding hydrogens is 212 g/mol. The van der Waals surface area contributed by atoms with Crippen molar-refractivity contribution in [2.24, 2.45) is 0 Å². The number of H-pyrrole nitrogens is 1. The van der Waals surface area contributed by atoms with E-state index >= 15 is 0 Å². The predicted molar refractivity (Wildman–Crippen MR) is 58.7 cm³/mol. The van der Waals surface area contributed by atoms with E-state index in [1.54, 1.807) is 18.5 Å². The van der Waals surface area contributed by atoms with Crippen molar-refractivity contribution >= 4 is 11.6 Å². The molecule has 78 valence electrons. The van der Waals surface area contributed by atoms with Crippen molar-refractivity contribution in [1.29, 1.82) is 0 Å². The van der Waals surface area contributed by atoms with Gasteiger partial charge in [-0.1, -0.05) is 25.4 Å². The maximum absolute atomic E-state index is 5.92. The number of rotatable bonds is 2. The molecule has 2 aromatic rings. The average Bonchev–Trinajstić information content (AvgIpc) is 2.69. The normalized spacial score (nSPS) is 10.9. The molecule has 1 N–H and O–H groups in total. The molecule has 0 radical (unpaired) electrons. The minimum Gasteiger partial charge on any atom is -0.342 e. The molecule has 0 saturated carbocycles. The van der Waals surface area contributed by atoms with Gasteiger partial charge in [0.25, 0.3) is 0 Å². The van der Waals surface area contributed by atoms with Crippen LogP contribution < -0.4 is 0 Å². The van der Waals surface area contributed by atoms with Gasteiger partial charge in [-0.3, -0.25) is 0 Å². The quantitative estimate of drug-likeness (QED) is 0.795. The van der Waals surface area contributed by atoms with Gasteiger partial charge in [-0.15, -0.1) is 0 Å². The summed E-state index contributed by atoms with van der Waals surface area (Å²) in [6.07, 6.45) is 3.39. The topological polar surface area (TPSA) is 54.5 Å². The summed E-state index contributed by atoms with van der Waals surface area (Å²) in [6.45, 7) is 4.12. The monoisotopic (exact) mass is 222 g/mol. The van der Waals surface area contributed by atoms with Gasteiger partial charge in [-0.25, -0.2) is 15.0 Å². The van der Waals surface area contributed by atoms with Gasteiger partial charge >= 0.3 is 0 Å². The first-order valence-corrected chi connectivity index (χ1v) is 5.09. The third kappa shape index (κ3) is 2.15. The third-order valence-electron chi connectivity index (χ3n) is 2.02. The van der Waals surface area contributed by atoms with Crippen molar-refractivity contribution in [3.63, 3.8) is 0 Å². The summed E-state index contributed by atoms with van der Waals surface area (Å²) < 4.78 is 0. The number of imidazole rings is 1. The molecule has 0 bridgehead atoms. The molecule has 2 heterocycles.